The van der Waals surface area contributed by atoms with Crippen molar-refractivity contribution in [2.75, 3.05) is 24.6 Å². The fourth-order valence-corrected chi connectivity index (χ4v) is 4.29. The highest BCUT2D eigenvalue weighted by Gasteiger charge is 2.45. The van der Waals surface area contributed by atoms with E-state index in [0.717, 1.165) is 63.1 Å². The zero-order valence-electron chi connectivity index (χ0n) is 12.6. The predicted molar refractivity (Wildman–Crippen MR) is 84.3 cm³/mol. The molecule has 3 N–H and O–H groups in total. The van der Waals surface area contributed by atoms with Crippen molar-refractivity contribution in [1.82, 2.24) is 4.90 Å². The molecule has 1 heterocycles. The number of aliphatic carboxylic acids is 1. The molecule has 1 atom stereocenters. The van der Waals surface area contributed by atoms with Crippen LogP contribution in [0.15, 0.2) is 0 Å². The lowest BCUT2D eigenvalue weighted by Gasteiger charge is -2.42. The van der Waals surface area contributed by atoms with Crippen LogP contribution in [-0.2, 0) is 9.59 Å². The number of carbonyl (C=O) groups is 2. The summed E-state index contributed by atoms with van der Waals surface area (Å²) < 4.78 is 0. The maximum absolute atomic E-state index is 12.6. The molecule has 0 radical (unpaired) electrons. The Morgan fingerprint density at radius 3 is 2.38 bits per heavy atom. The van der Waals surface area contributed by atoms with Crippen molar-refractivity contribution in [1.29, 1.82) is 0 Å². The van der Waals surface area contributed by atoms with Crippen molar-refractivity contribution in [3.8, 4) is 0 Å². The third-order valence-electron chi connectivity index (χ3n) is 4.77. The smallest absolute Gasteiger partial charge is 0.320 e. The van der Waals surface area contributed by atoms with Gasteiger partial charge in [0.05, 0.1) is 5.41 Å². The van der Waals surface area contributed by atoms with Gasteiger partial charge in [-0.1, -0.05) is 6.42 Å². The van der Waals surface area contributed by atoms with Crippen LogP contribution < -0.4 is 5.73 Å². The normalized spacial score (nSPS) is 21.9. The van der Waals surface area contributed by atoms with E-state index in [1.165, 1.54) is 0 Å². The molecule has 2 rings (SSSR count). The van der Waals surface area contributed by atoms with E-state index in [9.17, 15) is 9.59 Å². The number of hydrogen-bond donors (Lipinski definition) is 2. The highest BCUT2D eigenvalue weighted by molar-refractivity contribution is 7.99. The Morgan fingerprint density at radius 1 is 1.19 bits per heavy atom. The van der Waals surface area contributed by atoms with Crippen LogP contribution >= 0.6 is 11.8 Å². The topological polar surface area (TPSA) is 83.6 Å². The van der Waals surface area contributed by atoms with Crippen molar-refractivity contribution < 1.29 is 14.7 Å². The van der Waals surface area contributed by atoms with E-state index < -0.39 is 12.0 Å². The maximum Gasteiger partial charge on any atom is 0.320 e. The van der Waals surface area contributed by atoms with Gasteiger partial charge in [-0.3, -0.25) is 9.59 Å². The largest absolute Gasteiger partial charge is 0.480 e. The zero-order chi connectivity index (χ0) is 15.3. The van der Waals surface area contributed by atoms with Gasteiger partial charge in [0.2, 0.25) is 5.91 Å². The van der Waals surface area contributed by atoms with Gasteiger partial charge in [0.25, 0.3) is 0 Å². The number of amides is 1. The van der Waals surface area contributed by atoms with Gasteiger partial charge in [0.15, 0.2) is 0 Å². The lowest BCUT2D eigenvalue weighted by molar-refractivity contribution is -0.146. The standard InChI is InChI=1S/C15H26N2O3S/c16-12(13(18)19)4-10-21-11-7-15(5-3-6-15)14(20)17-8-1-2-9-17/h12H,1-11,16H2,(H,18,19). The summed E-state index contributed by atoms with van der Waals surface area (Å²) in [6, 6.07) is -0.763. The van der Waals surface area contributed by atoms with E-state index >= 15 is 0 Å². The fraction of sp³-hybridized carbons (Fsp3) is 0.867. The molecule has 0 bridgehead atoms. The molecular weight excluding hydrogens is 288 g/mol. The van der Waals surface area contributed by atoms with Crippen LogP contribution in [0.5, 0.6) is 0 Å². The summed E-state index contributed by atoms with van der Waals surface area (Å²) in [6.07, 6.45) is 6.92. The number of thioether (sulfide) groups is 1. The third-order valence-corrected chi connectivity index (χ3v) is 5.79. The van der Waals surface area contributed by atoms with E-state index in [1.54, 1.807) is 11.8 Å². The Labute approximate surface area is 130 Å². The van der Waals surface area contributed by atoms with Gasteiger partial charge in [-0.25, -0.2) is 0 Å². The number of rotatable bonds is 8. The molecule has 6 heteroatoms. The van der Waals surface area contributed by atoms with Crippen LogP contribution in [0.4, 0.5) is 0 Å². The number of carboxylic acids is 1. The molecule has 1 saturated carbocycles. The molecule has 2 aliphatic rings. The van der Waals surface area contributed by atoms with Gasteiger partial charge in [-0.05, 0) is 50.0 Å². The zero-order valence-corrected chi connectivity index (χ0v) is 13.4. The van der Waals surface area contributed by atoms with E-state index in [2.05, 4.69) is 0 Å². The molecule has 1 unspecified atom stereocenters. The van der Waals surface area contributed by atoms with E-state index in [4.69, 9.17) is 10.8 Å². The molecule has 120 valence electrons. The molecule has 2 fully saturated rings. The molecule has 1 saturated heterocycles. The lowest BCUT2D eigenvalue weighted by atomic mass is 9.66. The quantitative estimate of drug-likeness (QED) is 0.666. The Morgan fingerprint density at radius 2 is 1.86 bits per heavy atom. The van der Waals surface area contributed by atoms with Gasteiger partial charge in [0.1, 0.15) is 6.04 Å². The molecule has 0 aromatic rings. The van der Waals surface area contributed by atoms with Crippen molar-refractivity contribution in [3.05, 3.63) is 0 Å². The summed E-state index contributed by atoms with van der Waals surface area (Å²) >= 11 is 1.72. The van der Waals surface area contributed by atoms with Crippen LogP contribution in [0.2, 0.25) is 0 Å². The molecule has 21 heavy (non-hydrogen) atoms. The minimum absolute atomic E-state index is 0.105. The first-order valence-electron chi connectivity index (χ1n) is 7.91. The van der Waals surface area contributed by atoms with Crippen LogP contribution in [0.25, 0.3) is 0 Å². The summed E-state index contributed by atoms with van der Waals surface area (Å²) in [7, 11) is 0. The molecule has 1 amide bonds. The van der Waals surface area contributed by atoms with E-state index in [0.29, 0.717) is 12.3 Å². The van der Waals surface area contributed by atoms with Crippen LogP contribution in [0.3, 0.4) is 0 Å². The van der Waals surface area contributed by atoms with Gasteiger partial charge in [0, 0.05) is 13.1 Å². The van der Waals surface area contributed by atoms with E-state index in [-0.39, 0.29) is 5.41 Å². The third kappa shape index (κ3) is 4.13. The number of hydrogen-bond acceptors (Lipinski definition) is 4. The van der Waals surface area contributed by atoms with E-state index in [1.807, 2.05) is 4.90 Å². The van der Waals surface area contributed by atoms with Gasteiger partial charge in [-0.15, -0.1) is 0 Å². The molecule has 1 aliphatic carbocycles. The number of nitrogens with zero attached hydrogens (tertiary/aromatic N) is 1. The average molecular weight is 314 g/mol. The van der Waals surface area contributed by atoms with Gasteiger partial charge >= 0.3 is 5.97 Å². The molecule has 0 spiro atoms. The predicted octanol–water partition coefficient (Wildman–Crippen LogP) is 1.70. The van der Waals surface area contributed by atoms with Crippen molar-refractivity contribution >= 4 is 23.6 Å². The Hall–Kier alpha value is -0.750. The second-order valence-electron chi connectivity index (χ2n) is 6.23. The molecule has 0 aromatic heterocycles. The summed E-state index contributed by atoms with van der Waals surface area (Å²) in [6.45, 7) is 1.86. The highest BCUT2D eigenvalue weighted by atomic mass is 32.2. The first kappa shape index (κ1) is 16.6. The SMILES string of the molecule is NC(CCSCCC1(C(=O)N2CCCC2)CCC1)C(=O)O. The Bertz CT molecular complexity index is 379. The minimum Gasteiger partial charge on any atom is -0.480 e. The summed E-state index contributed by atoms with van der Waals surface area (Å²) in [5.74, 6) is 1.11. The van der Waals surface area contributed by atoms with Crippen LogP contribution in [0, 0.1) is 5.41 Å². The number of carbonyl (C=O) groups excluding carboxylic acids is 1. The summed E-state index contributed by atoms with van der Waals surface area (Å²) in [5, 5.41) is 8.72. The highest BCUT2D eigenvalue weighted by Crippen LogP contribution is 2.46. The summed E-state index contributed by atoms with van der Waals surface area (Å²) in [5.41, 5.74) is 5.37. The molecule has 0 aromatic carbocycles. The first-order valence-corrected chi connectivity index (χ1v) is 9.06. The average Bonchev–Trinajstić information content (AvgIpc) is 2.93. The second kappa shape index (κ2) is 7.49. The Kier molecular flexibility index (Phi) is 5.93. The van der Waals surface area contributed by atoms with Crippen molar-refractivity contribution in [2.45, 2.75) is 51.0 Å². The first-order chi connectivity index (χ1) is 10.1. The Balaban J connectivity index is 1.70. The number of carboxylic acid groups (broad SMARTS) is 1. The maximum atomic E-state index is 12.6. The summed E-state index contributed by atoms with van der Waals surface area (Å²) in [4.78, 5) is 25.3. The van der Waals surface area contributed by atoms with Crippen molar-refractivity contribution in [3.63, 3.8) is 0 Å². The molecular formula is C15H26N2O3S. The van der Waals surface area contributed by atoms with Crippen LogP contribution in [-0.4, -0.2) is 52.5 Å². The molecule has 1 aliphatic heterocycles. The fourth-order valence-electron chi connectivity index (χ4n) is 3.13. The van der Waals surface area contributed by atoms with Crippen LogP contribution in [0.1, 0.15) is 44.9 Å². The lowest BCUT2D eigenvalue weighted by Crippen LogP contribution is -2.47. The molecule has 5 nitrogen and oxygen atoms in total. The van der Waals surface area contributed by atoms with Gasteiger partial charge < -0.3 is 15.7 Å². The monoisotopic (exact) mass is 314 g/mol. The number of nitrogens with two attached hydrogens (primary N) is 1. The van der Waals surface area contributed by atoms with Crippen molar-refractivity contribution in [2.24, 2.45) is 11.1 Å². The minimum atomic E-state index is -0.935. The number of likely N-dealkylation sites (tertiary alicyclic amines) is 1. The van der Waals surface area contributed by atoms with Gasteiger partial charge in [-0.2, -0.15) is 11.8 Å². The second-order valence-corrected chi connectivity index (χ2v) is 7.45.